The average Bonchev–Trinajstić information content (AvgIpc) is 2.91. The van der Waals surface area contributed by atoms with Crippen LogP contribution in [-0.2, 0) is 0 Å². The molecule has 2 aromatic rings. The van der Waals surface area contributed by atoms with E-state index < -0.39 is 4.92 Å². The predicted molar refractivity (Wildman–Crippen MR) is 72.9 cm³/mol. The second-order valence-corrected chi connectivity index (χ2v) is 4.93. The Morgan fingerprint density at radius 3 is 2.84 bits per heavy atom. The molecule has 0 aliphatic carbocycles. The van der Waals surface area contributed by atoms with E-state index in [1.165, 1.54) is 24.4 Å². The molecule has 0 aliphatic rings. The number of nitrogens with zero attached hydrogens (tertiary/aromatic N) is 2. The first kappa shape index (κ1) is 13.2. The zero-order valence-corrected chi connectivity index (χ0v) is 11.0. The van der Waals surface area contributed by atoms with E-state index in [9.17, 15) is 15.2 Å². The van der Waals surface area contributed by atoms with Crippen LogP contribution in [0.25, 0.3) is 0 Å². The first-order chi connectivity index (χ1) is 9.08. The number of non-ortho nitro benzene ring substituents is 1. The Labute approximate surface area is 114 Å². The summed E-state index contributed by atoms with van der Waals surface area (Å²) in [6, 6.07) is 7.44. The van der Waals surface area contributed by atoms with Gasteiger partial charge in [-0.3, -0.25) is 15.1 Å². The van der Waals surface area contributed by atoms with Crippen LogP contribution in [0, 0.1) is 10.1 Å². The Balaban J connectivity index is 2.23. The maximum Gasteiger partial charge on any atom is 0.270 e. The largest absolute Gasteiger partial charge is 0.872 e. The van der Waals surface area contributed by atoms with Crippen molar-refractivity contribution in [3.63, 3.8) is 0 Å². The van der Waals surface area contributed by atoms with Crippen molar-refractivity contribution in [2.45, 2.75) is 13.0 Å². The number of nitro groups is 1. The SMILES string of the molecule is C[C@H](N=Cc1cc([N+](=O)[O-])ccc1[O-])c1cccs1. The van der Waals surface area contributed by atoms with Gasteiger partial charge in [-0.25, -0.2) is 0 Å². The van der Waals surface area contributed by atoms with Gasteiger partial charge >= 0.3 is 0 Å². The number of nitro benzene ring substituents is 1. The second-order valence-electron chi connectivity index (χ2n) is 3.95. The lowest BCUT2D eigenvalue weighted by Crippen LogP contribution is -1.99. The van der Waals surface area contributed by atoms with Crippen LogP contribution in [-0.4, -0.2) is 11.1 Å². The lowest BCUT2D eigenvalue weighted by Gasteiger charge is -2.09. The number of benzene rings is 1. The highest BCUT2D eigenvalue weighted by Gasteiger charge is 2.06. The smallest absolute Gasteiger partial charge is 0.270 e. The van der Waals surface area contributed by atoms with Crippen LogP contribution in [0.3, 0.4) is 0 Å². The third kappa shape index (κ3) is 3.17. The highest BCUT2D eigenvalue weighted by Crippen LogP contribution is 2.23. The van der Waals surface area contributed by atoms with E-state index in [2.05, 4.69) is 4.99 Å². The molecular formula is C13H11N2O3S-. The van der Waals surface area contributed by atoms with Gasteiger partial charge in [-0.1, -0.05) is 17.9 Å². The summed E-state index contributed by atoms with van der Waals surface area (Å²) in [4.78, 5) is 15.5. The van der Waals surface area contributed by atoms with Crippen molar-refractivity contribution in [2.75, 3.05) is 0 Å². The van der Waals surface area contributed by atoms with Gasteiger partial charge in [0.05, 0.1) is 11.0 Å². The van der Waals surface area contributed by atoms with Gasteiger partial charge in [0.2, 0.25) is 0 Å². The molecule has 1 aromatic carbocycles. The van der Waals surface area contributed by atoms with Gasteiger partial charge in [-0.05, 0) is 23.9 Å². The van der Waals surface area contributed by atoms with Crippen LogP contribution in [0.15, 0.2) is 40.7 Å². The molecule has 0 aliphatic heterocycles. The fraction of sp³-hybridized carbons (Fsp3) is 0.154. The topological polar surface area (TPSA) is 78.6 Å². The van der Waals surface area contributed by atoms with Crippen LogP contribution in [0.1, 0.15) is 23.4 Å². The predicted octanol–water partition coefficient (Wildman–Crippen LogP) is 2.91. The summed E-state index contributed by atoms with van der Waals surface area (Å²) in [5.41, 5.74) is 0.127. The maximum absolute atomic E-state index is 11.6. The number of thiophene rings is 1. The first-order valence-corrected chi connectivity index (χ1v) is 6.48. The molecule has 0 saturated heterocycles. The highest BCUT2D eigenvalue weighted by atomic mass is 32.1. The van der Waals surface area contributed by atoms with E-state index in [-0.39, 0.29) is 23.0 Å². The van der Waals surface area contributed by atoms with Crippen molar-refractivity contribution in [3.05, 3.63) is 56.3 Å². The minimum Gasteiger partial charge on any atom is -0.872 e. The molecule has 0 saturated carbocycles. The number of aliphatic imine (C=N–C) groups is 1. The molecule has 5 nitrogen and oxygen atoms in total. The van der Waals surface area contributed by atoms with Gasteiger partial charge in [-0.15, -0.1) is 11.3 Å². The van der Waals surface area contributed by atoms with E-state index in [1.54, 1.807) is 11.3 Å². The molecule has 1 atom stereocenters. The third-order valence-corrected chi connectivity index (χ3v) is 3.64. The van der Waals surface area contributed by atoms with Crippen LogP contribution < -0.4 is 5.11 Å². The van der Waals surface area contributed by atoms with Crippen LogP contribution in [0.4, 0.5) is 5.69 Å². The van der Waals surface area contributed by atoms with E-state index in [0.29, 0.717) is 0 Å². The van der Waals surface area contributed by atoms with E-state index >= 15 is 0 Å². The fourth-order valence-corrected chi connectivity index (χ4v) is 2.27. The van der Waals surface area contributed by atoms with Gasteiger partial charge in [0.1, 0.15) is 0 Å². The summed E-state index contributed by atoms with van der Waals surface area (Å²) in [5, 5.41) is 24.2. The van der Waals surface area contributed by atoms with E-state index in [4.69, 9.17) is 0 Å². The minimum atomic E-state index is -0.528. The summed E-state index contributed by atoms with van der Waals surface area (Å²) in [5.74, 6) is -0.271. The zero-order valence-electron chi connectivity index (χ0n) is 10.1. The van der Waals surface area contributed by atoms with Gasteiger partial charge in [-0.2, -0.15) is 0 Å². The Bertz CT molecular complexity index is 608. The standard InChI is InChI=1S/C13H12N2O3S/c1-9(13-3-2-6-19-13)14-8-10-7-11(15(17)18)4-5-12(10)16/h2-9,16H,1H3/p-1/t9-/m0/s1. The van der Waals surface area contributed by atoms with Crippen LogP contribution in [0.2, 0.25) is 0 Å². The molecule has 0 spiro atoms. The molecule has 0 fully saturated rings. The molecule has 0 unspecified atom stereocenters. The van der Waals surface area contributed by atoms with Crippen molar-refractivity contribution in [2.24, 2.45) is 4.99 Å². The third-order valence-electron chi connectivity index (χ3n) is 2.60. The molecule has 0 radical (unpaired) electrons. The molecule has 2 rings (SSSR count). The van der Waals surface area contributed by atoms with Crippen molar-refractivity contribution < 1.29 is 10.0 Å². The van der Waals surface area contributed by atoms with Gasteiger partial charge in [0.25, 0.3) is 5.69 Å². The molecule has 6 heteroatoms. The maximum atomic E-state index is 11.6. The molecule has 1 heterocycles. The monoisotopic (exact) mass is 275 g/mol. The Hall–Kier alpha value is -2.21. The Kier molecular flexibility index (Phi) is 3.91. The Morgan fingerprint density at radius 2 is 2.21 bits per heavy atom. The summed E-state index contributed by atoms with van der Waals surface area (Å²) in [6.45, 7) is 1.91. The van der Waals surface area contributed by atoms with Crippen LogP contribution in [0.5, 0.6) is 5.75 Å². The first-order valence-electron chi connectivity index (χ1n) is 5.60. The van der Waals surface area contributed by atoms with Gasteiger partial charge < -0.3 is 5.11 Å². The molecule has 1 aromatic heterocycles. The molecule has 19 heavy (non-hydrogen) atoms. The second kappa shape index (κ2) is 5.62. The zero-order chi connectivity index (χ0) is 13.8. The summed E-state index contributed by atoms with van der Waals surface area (Å²) in [7, 11) is 0. The lowest BCUT2D eigenvalue weighted by molar-refractivity contribution is -0.385. The Morgan fingerprint density at radius 1 is 1.42 bits per heavy atom. The normalized spacial score (nSPS) is 12.7. The minimum absolute atomic E-state index is 0.0707. The summed E-state index contributed by atoms with van der Waals surface area (Å²) in [6.07, 6.45) is 1.40. The quantitative estimate of drug-likeness (QED) is 0.489. The summed E-state index contributed by atoms with van der Waals surface area (Å²) < 4.78 is 0. The van der Waals surface area contributed by atoms with Crippen molar-refractivity contribution in [1.82, 2.24) is 0 Å². The average molecular weight is 275 g/mol. The molecular weight excluding hydrogens is 264 g/mol. The van der Waals surface area contributed by atoms with Crippen LogP contribution >= 0.6 is 11.3 Å². The number of hydrogen-bond acceptors (Lipinski definition) is 5. The van der Waals surface area contributed by atoms with Gasteiger partial charge in [0.15, 0.2) is 0 Å². The highest BCUT2D eigenvalue weighted by molar-refractivity contribution is 7.10. The number of rotatable bonds is 4. The van der Waals surface area contributed by atoms with E-state index in [1.807, 2.05) is 24.4 Å². The lowest BCUT2D eigenvalue weighted by atomic mass is 10.2. The van der Waals surface area contributed by atoms with Gasteiger partial charge in [0, 0.05) is 23.2 Å². The fourth-order valence-electron chi connectivity index (χ4n) is 1.54. The summed E-state index contributed by atoms with van der Waals surface area (Å²) >= 11 is 1.58. The molecule has 0 amide bonds. The molecule has 0 bridgehead atoms. The molecule has 98 valence electrons. The molecule has 0 N–H and O–H groups in total. The van der Waals surface area contributed by atoms with Crippen molar-refractivity contribution >= 4 is 23.2 Å². The van der Waals surface area contributed by atoms with Crippen molar-refractivity contribution in [1.29, 1.82) is 0 Å². The van der Waals surface area contributed by atoms with E-state index in [0.717, 1.165) is 4.88 Å². The van der Waals surface area contributed by atoms with Crippen molar-refractivity contribution in [3.8, 4) is 5.75 Å². The number of hydrogen-bond donors (Lipinski definition) is 0.